The molecule has 6 heteroatoms. The fourth-order valence-electron chi connectivity index (χ4n) is 2.11. The highest BCUT2D eigenvalue weighted by Gasteiger charge is 2.10. The molecule has 0 N–H and O–H groups in total. The Morgan fingerprint density at radius 3 is 2.54 bits per heavy atom. The summed E-state index contributed by atoms with van der Waals surface area (Å²) in [6.07, 6.45) is 0.214. The van der Waals surface area contributed by atoms with Crippen LogP contribution in [0.25, 0.3) is 11.3 Å². The molecule has 0 atom stereocenters. The van der Waals surface area contributed by atoms with Gasteiger partial charge in [-0.15, -0.1) is 0 Å². The minimum Gasteiger partial charge on any atom is -0.457 e. The second-order valence-electron chi connectivity index (χ2n) is 5.15. The van der Waals surface area contributed by atoms with E-state index in [1.165, 1.54) is 0 Å². The molecule has 2 aromatic carbocycles. The quantitative estimate of drug-likeness (QED) is 0.557. The molecular weight excluding hydrogens is 394 g/mol. The van der Waals surface area contributed by atoms with E-state index >= 15 is 0 Å². The number of rotatable bonds is 5. The molecule has 0 aliphatic carbocycles. The number of esters is 1. The van der Waals surface area contributed by atoms with Gasteiger partial charge in [-0.3, -0.25) is 4.79 Å². The van der Waals surface area contributed by atoms with Gasteiger partial charge in [0.1, 0.15) is 5.69 Å². The lowest BCUT2D eigenvalue weighted by molar-refractivity contribution is -0.144. The summed E-state index contributed by atoms with van der Waals surface area (Å²) in [5.41, 5.74) is 2.45. The van der Waals surface area contributed by atoms with Crippen LogP contribution in [0.2, 0.25) is 5.02 Å². The van der Waals surface area contributed by atoms with Gasteiger partial charge in [-0.2, -0.15) is 0 Å². The van der Waals surface area contributed by atoms with Crippen molar-refractivity contribution in [3.8, 4) is 11.3 Å². The fraction of sp³-hybridized carbons (Fsp3) is 0.111. The van der Waals surface area contributed by atoms with Crippen molar-refractivity contribution in [2.45, 2.75) is 13.0 Å². The Morgan fingerprint density at radius 2 is 1.83 bits per heavy atom. The van der Waals surface area contributed by atoms with Crippen molar-refractivity contribution in [2.75, 3.05) is 0 Å². The number of carbonyl (C=O) groups is 1. The van der Waals surface area contributed by atoms with E-state index in [-0.39, 0.29) is 19.0 Å². The van der Waals surface area contributed by atoms with Gasteiger partial charge in [-0.1, -0.05) is 57.0 Å². The van der Waals surface area contributed by atoms with Crippen molar-refractivity contribution >= 4 is 33.5 Å². The second-order valence-corrected chi connectivity index (χ2v) is 6.50. The van der Waals surface area contributed by atoms with E-state index in [1.54, 1.807) is 18.2 Å². The molecule has 0 unspecified atom stereocenters. The molecule has 0 aliphatic heterocycles. The summed E-state index contributed by atoms with van der Waals surface area (Å²) < 4.78 is 11.4. The van der Waals surface area contributed by atoms with Crippen LogP contribution in [0.15, 0.2) is 63.6 Å². The van der Waals surface area contributed by atoms with Gasteiger partial charge in [0.2, 0.25) is 0 Å². The molecule has 3 aromatic rings. The zero-order valence-electron chi connectivity index (χ0n) is 12.5. The van der Waals surface area contributed by atoms with Crippen LogP contribution in [-0.4, -0.2) is 11.1 Å². The van der Waals surface area contributed by atoms with Gasteiger partial charge >= 0.3 is 5.97 Å². The van der Waals surface area contributed by atoms with Gasteiger partial charge in [-0.05, 0) is 29.8 Å². The number of nitrogens with zero attached hydrogens (tertiary/aromatic N) is 1. The summed E-state index contributed by atoms with van der Waals surface area (Å²) in [6.45, 7) is 0.0515. The predicted octanol–water partition coefficient (Wildman–Crippen LogP) is 5.04. The summed E-state index contributed by atoms with van der Waals surface area (Å²) in [5, 5.41) is 4.63. The minimum atomic E-state index is -0.318. The lowest BCUT2D eigenvalue weighted by Gasteiger charge is -2.02. The highest BCUT2D eigenvalue weighted by molar-refractivity contribution is 9.10. The van der Waals surface area contributed by atoms with Crippen molar-refractivity contribution in [1.82, 2.24) is 5.16 Å². The SMILES string of the molecule is O=C(Cc1ccc(Br)cc1)OCc1cc(-c2ccc(Cl)cc2)no1. The number of ether oxygens (including phenoxy) is 1. The number of carbonyl (C=O) groups excluding carboxylic acids is 1. The smallest absolute Gasteiger partial charge is 0.310 e. The van der Waals surface area contributed by atoms with Crippen molar-refractivity contribution in [2.24, 2.45) is 0 Å². The molecular formula is C18H13BrClNO3. The van der Waals surface area contributed by atoms with E-state index in [0.717, 1.165) is 15.6 Å². The summed E-state index contributed by atoms with van der Waals surface area (Å²) in [5.74, 6) is 0.172. The topological polar surface area (TPSA) is 52.3 Å². The Morgan fingerprint density at radius 1 is 1.12 bits per heavy atom. The summed E-state index contributed by atoms with van der Waals surface area (Å²) in [7, 11) is 0. The van der Waals surface area contributed by atoms with Crippen LogP contribution in [0.1, 0.15) is 11.3 Å². The van der Waals surface area contributed by atoms with Crippen LogP contribution in [-0.2, 0) is 22.6 Å². The third kappa shape index (κ3) is 4.46. The molecule has 0 saturated carbocycles. The molecule has 24 heavy (non-hydrogen) atoms. The normalized spacial score (nSPS) is 10.6. The van der Waals surface area contributed by atoms with E-state index < -0.39 is 0 Å². The third-order valence-corrected chi connectivity index (χ3v) is 4.12. The number of hydrogen-bond acceptors (Lipinski definition) is 4. The average molecular weight is 407 g/mol. The van der Waals surface area contributed by atoms with Crippen LogP contribution in [0, 0.1) is 0 Å². The van der Waals surface area contributed by atoms with Crippen LogP contribution in [0.3, 0.4) is 0 Å². The number of benzene rings is 2. The highest BCUT2D eigenvalue weighted by atomic mass is 79.9. The van der Waals surface area contributed by atoms with Crippen LogP contribution < -0.4 is 0 Å². The van der Waals surface area contributed by atoms with Gasteiger partial charge in [0, 0.05) is 21.1 Å². The van der Waals surface area contributed by atoms with E-state index in [4.69, 9.17) is 20.9 Å². The van der Waals surface area contributed by atoms with Crippen molar-refractivity contribution < 1.29 is 14.1 Å². The molecule has 1 heterocycles. The van der Waals surface area contributed by atoms with E-state index in [2.05, 4.69) is 21.1 Å². The lowest BCUT2D eigenvalue weighted by Crippen LogP contribution is -2.07. The number of aromatic nitrogens is 1. The first-order chi connectivity index (χ1) is 11.6. The van der Waals surface area contributed by atoms with Crippen LogP contribution >= 0.6 is 27.5 Å². The summed E-state index contributed by atoms with van der Waals surface area (Å²) >= 11 is 9.22. The first-order valence-electron chi connectivity index (χ1n) is 7.22. The van der Waals surface area contributed by atoms with Crippen molar-refractivity contribution in [3.63, 3.8) is 0 Å². The Hall–Kier alpha value is -2.11. The maximum Gasteiger partial charge on any atom is 0.310 e. The molecule has 3 rings (SSSR count). The maximum absolute atomic E-state index is 11.9. The standard InChI is InChI=1S/C18H13BrClNO3/c19-14-5-1-12(2-6-14)9-18(22)23-11-16-10-17(21-24-16)13-3-7-15(20)8-4-13/h1-8,10H,9,11H2. The largest absolute Gasteiger partial charge is 0.457 e. The maximum atomic E-state index is 11.9. The predicted molar refractivity (Wildman–Crippen MR) is 94.6 cm³/mol. The first-order valence-corrected chi connectivity index (χ1v) is 8.39. The van der Waals surface area contributed by atoms with E-state index in [0.29, 0.717) is 16.5 Å². The average Bonchev–Trinajstić information content (AvgIpc) is 3.05. The van der Waals surface area contributed by atoms with E-state index in [9.17, 15) is 4.79 Å². The van der Waals surface area contributed by atoms with E-state index in [1.807, 2.05) is 36.4 Å². The third-order valence-electron chi connectivity index (χ3n) is 3.34. The Labute approximate surface area is 152 Å². The molecule has 0 aliphatic rings. The summed E-state index contributed by atoms with van der Waals surface area (Å²) in [4.78, 5) is 11.9. The zero-order chi connectivity index (χ0) is 16.9. The van der Waals surface area contributed by atoms with Crippen LogP contribution in [0.5, 0.6) is 0 Å². The molecule has 0 amide bonds. The molecule has 0 spiro atoms. The minimum absolute atomic E-state index is 0.0515. The molecule has 4 nitrogen and oxygen atoms in total. The van der Waals surface area contributed by atoms with Crippen molar-refractivity contribution in [1.29, 1.82) is 0 Å². The number of hydrogen-bond donors (Lipinski definition) is 0. The van der Waals surface area contributed by atoms with Gasteiger partial charge < -0.3 is 9.26 Å². The van der Waals surface area contributed by atoms with Gasteiger partial charge in [-0.25, -0.2) is 0 Å². The van der Waals surface area contributed by atoms with Gasteiger partial charge in [0.25, 0.3) is 0 Å². The molecule has 0 fully saturated rings. The molecule has 0 saturated heterocycles. The zero-order valence-corrected chi connectivity index (χ0v) is 14.9. The highest BCUT2D eigenvalue weighted by Crippen LogP contribution is 2.21. The van der Waals surface area contributed by atoms with Crippen molar-refractivity contribution in [3.05, 3.63) is 75.4 Å². The lowest BCUT2D eigenvalue weighted by atomic mass is 10.1. The Balaban J connectivity index is 1.56. The second kappa shape index (κ2) is 7.64. The monoisotopic (exact) mass is 405 g/mol. The van der Waals surface area contributed by atoms with Crippen LogP contribution in [0.4, 0.5) is 0 Å². The fourth-order valence-corrected chi connectivity index (χ4v) is 2.50. The molecule has 0 bridgehead atoms. The Bertz CT molecular complexity index is 828. The van der Waals surface area contributed by atoms with Gasteiger partial charge in [0.15, 0.2) is 12.4 Å². The molecule has 1 aromatic heterocycles. The van der Waals surface area contributed by atoms with Gasteiger partial charge in [0.05, 0.1) is 6.42 Å². The number of halogens is 2. The summed E-state index contributed by atoms with van der Waals surface area (Å²) in [6, 6.07) is 16.5. The first kappa shape index (κ1) is 16.7. The Kier molecular flexibility index (Phi) is 5.33. The molecule has 0 radical (unpaired) electrons. The molecule has 122 valence electrons.